The first kappa shape index (κ1) is 10.4. The van der Waals surface area contributed by atoms with Crippen LogP contribution >= 0.6 is 0 Å². The summed E-state index contributed by atoms with van der Waals surface area (Å²) in [6.07, 6.45) is 1.39. The molecule has 0 radical (unpaired) electrons. The zero-order valence-electron chi connectivity index (χ0n) is 7.59. The maximum atomic E-state index is 10.6. The summed E-state index contributed by atoms with van der Waals surface area (Å²) in [7, 11) is 4.00. The lowest BCUT2D eigenvalue weighted by molar-refractivity contribution is -0.143. The molecule has 0 aliphatic rings. The third kappa shape index (κ3) is 7.33. The van der Waals surface area contributed by atoms with E-state index in [0.29, 0.717) is 13.0 Å². The molecule has 0 atom stereocenters. The molecular weight excluding hydrogens is 142 g/mol. The molecule has 0 N–H and O–H groups in total. The van der Waals surface area contributed by atoms with Gasteiger partial charge >= 0.3 is 5.97 Å². The zero-order chi connectivity index (χ0) is 8.69. The first-order valence-corrected chi connectivity index (χ1v) is 3.97. The molecule has 0 amide bonds. The van der Waals surface area contributed by atoms with Crippen LogP contribution in [0.15, 0.2) is 0 Å². The molecule has 0 aromatic carbocycles. The number of carbonyl (C=O) groups excluding carboxylic acids is 1. The van der Waals surface area contributed by atoms with Gasteiger partial charge in [0.1, 0.15) is 0 Å². The molecule has 3 nitrogen and oxygen atoms in total. The summed E-state index contributed by atoms with van der Waals surface area (Å²) in [6.45, 7) is 3.32. The maximum Gasteiger partial charge on any atom is 0.305 e. The van der Waals surface area contributed by atoms with E-state index in [0.717, 1.165) is 13.0 Å². The molecule has 0 saturated carbocycles. The molecule has 0 rings (SSSR count). The summed E-state index contributed by atoms with van der Waals surface area (Å²) in [4.78, 5) is 12.7. The van der Waals surface area contributed by atoms with Crippen LogP contribution in [0.5, 0.6) is 0 Å². The van der Waals surface area contributed by atoms with Crippen molar-refractivity contribution in [1.82, 2.24) is 4.90 Å². The first-order valence-electron chi connectivity index (χ1n) is 3.97. The second kappa shape index (κ2) is 6.16. The Hall–Kier alpha value is -0.570. The van der Waals surface area contributed by atoms with Crippen molar-refractivity contribution in [2.75, 3.05) is 27.2 Å². The molecule has 0 aliphatic carbocycles. The Balaban J connectivity index is 3.08. The number of hydrogen-bond donors (Lipinski definition) is 0. The van der Waals surface area contributed by atoms with E-state index in [2.05, 4.69) is 4.90 Å². The van der Waals surface area contributed by atoms with Crippen LogP contribution in [0.1, 0.15) is 19.8 Å². The van der Waals surface area contributed by atoms with Crippen molar-refractivity contribution in [3.05, 3.63) is 0 Å². The number of hydrogen-bond acceptors (Lipinski definition) is 3. The highest BCUT2D eigenvalue weighted by molar-refractivity contribution is 5.68. The Morgan fingerprint density at radius 1 is 1.45 bits per heavy atom. The van der Waals surface area contributed by atoms with Gasteiger partial charge in [0, 0.05) is 13.0 Å². The fourth-order valence-electron chi connectivity index (χ4n) is 0.669. The Labute approximate surface area is 68.3 Å². The lowest BCUT2D eigenvalue weighted by atomic mass is 10.4. The van der Waals surface area contributed by atoms with Gasteiger partial charge < -0.3 is 9.64 Å². The van der Waals surface area contributed by atoms with Crippen LogP contribution in [0.4, 0.5) is 0 Å². The highest BCUT2D eigenvalue weighted by Crippen LogP contribution is 1.88. The number of rotatable bonds is 5. The number of ether oxygens (including phenoxy) is 1. The predicted octanol–water partition coefficient (Wildman–Crippen LogP) is 0.891. The van der Waals surface area contributed by atoms with Gasteiger partial charge in [0.25, 0.3) is 0 Å². The van der Waals surface area contributed by atoms with Crippen molar-refractivity contribution in [2.24, 2.45) is 0 Å². The molecule has 0 bridgehead atoms. The average Bonchev–Trinajstić information content (AvgIpc) is 1.97. The largest absolute Gasteiger partial charge is 0.466 e. The van der Waals surface area contributed by atoms with Crippen LogP contribution in [0.3, 0.4) is 0 Å². The van der Waals surface area contributed by atoms with E-state index in [4.69, 9.17) is 4.74 Å². The summed E-state index contributed by atoms with van der Waals surface area (Å²) in [5, 5.41) is 0. The van der Waals surface area contributed by atoms with Gasteiger partial charge in [-0.3, -0.25) is 4.79 Å². The molecule has 66 valence electrons. The van der Waals surface area contributed by atoms with E-state index in [1.165, 1.54) is 0 Å². The number of carbonyl (C=O) groups is 1. The zero-order valence-corrected chi connectivity index (χ0v) is 7.59. The highest BCUT2D eigenvalue weighted by Gasteiger charge is 1.97. The minimum Gasteiger partial charge on any atom is -0.466 e. The van der Waals surface area contributed by atoms with Crippen molar-refractivity contribution >= 4 is 5.97 Å². The van der Waals surface area contributed by atoms with E-state index in [1.54, 1.807) is 6.92 Å². The fraction of sp³-hybridized carbons (Fsp3) is 0.875. The molecule has 0 aromatic rings. The molecular formula is C8H17NO2. The van der Waals surface area contributed by atoms with E-state index >= 15 is 0 Å². The van der Waals surface area contributed by atoms with Gasteiger partial charge in [-0.2, -0.15) is 0 Å². The highest BCUT2D eigenvalue weighted by atomic mass is 16.5. The summed E-state index contributed by atoms with van der Waals surface area (Å²) >= 11 is 0. The molecule has 0 fully saturated rings. The van der Waals surface area contributed by atoms with Crippen LogP contribution in [0, 0.1) is 0 Å². The summed E-state index contributed by atoms with van der Waals surface area (Å²) in [6, 6.07) is 0. The van der Waals surface area contributed by atoms with Crippen LogP contribution in [-0.4, -0.2) is 38.1 Å². The smallest absolute Gasteiger partial charge is 0.305 e. The number of esters is 1. The minimum absolute atomic E-state index is 0.108. The lowest BCUT2D eigenvalue weighted by Crippen LogP contribution is -2.15. The molecule has 0 saturated heterocycles. The minimum atomic E-state index is -0.108. The van der Waals surface area contributed by atoms with Crippen molar-refractivity contribution in [1.29, 1.82) is 0 Å². The van der Waals surface area contributed by atoms with Gasteiger partial charge in [0.05, 0.1) is 6.61 Å². The third-order valence-corrected chi connectivity index (χ3v) is 1.30. The van der Waals surface area contributed by atoms with Crippen LogP contribution in [0.25, 0.3) is 0 Å². The van der Waals surface area contributed by atoms with Gasteiger partial charge in [0.2, 0.25) is 0 Å². The Morgan fingerprint density at radius 2 is 2.09 bits per heavy atom. The maximum absolute atomic E-state index is 10.6. The molecule has 0 unspecified atom stereocenters. The van der Waals surface area contributed by atoms with Crippen LogP contribution in [-0.2, 0) is 9.53 Å². The van der Waals surface area contributed by atoms with Gasteiger partial charge in [-0.05, 0) is 20.5 Å². The normalized spacial score (nSPS) is 10.2. The van der Waals surface area contributed by atoms with Crippen LogP contribution < -0.4 is 0 Å². The standard InChI is InChI=1S/C8H17NO2/c1-4-8(10)11-7-5-6-9(2)3/h4-7H2,1-3H3. The summed E-state index contributed by atoms with van der Waals surface area (Å²) < 4.78 is 4.88. The Morgan fingerprint density at radius 3 is 2.55 bits per heavy atom. The second-order valence-corrected chi connectivity index (χ2v) is 2.73. The van der Waals surface area contributed by atoms with Crippen molar-refractivity contribution in [2.45, 2.75) is 19.8 Å². The average molecular weight is 159 g/mol. The Kier molecular flexibility index (Phi) is 5.84. The van der Waals surface area contributed by atoms with Crippen molar-refractivity contribution in [3.63, 3.8) is 0 Å². The SMILES string of the molecule is CCC(=O)OCCCN(C)C. The Bertz CT molecular complexity index is 113. The van der Waals surface area contributed by atoms with E-state index < -0.39 is 0 Å². The van der Waals surface area contributed by atoms with Gasteiger partial charge in [-0.25, -0.2) is 0 Å². The number of nitrogens with zero attached hydrogens (tertiary/aromatic N) is 1. The molecule has 0 spiro atoms. The predicted molar refractivity (Wildman–Crippen MR) is 44.4 cm³/mol. The third-order valence-electron chi connectivity index (χ3n) is 1.30. The topological polar surface area (TPSA) is 29.5 Å². The van der Waals surface area contributed by atoms with Crippen LogP contribution in [0.2, 0.25) is 0 Å². The molecule has 11 heavy (non-hydrogen) atoms. The van der Waals surface area contributed by atoms with E-state index in [9.17, 15) is 4.79 Å². The molecule has 3 heteroatoms. The molecule has 0 heterocycles. The molecule has 0 aliphatic heterocycles. The lowest BCUT2D eigenvalue weighted by Gasteiger charge is -2.08. The van der Waals surface area contributed by atoms with Gasteiger partial charge in [-0.15, -0.1) is 0 Å². The summed E-state index contributed by atoms with van der Waals surface area (Å²) in [5.74, 6) is -0.108. The van der Waals surface area contributed by atoms with E-state index in [-0.39, 0.29) is 5.97 Å². The summed E-state index contributed by atoms with van der Waals surface area (Å²) in [5.41, 5.74) is 0. The van der Waals surface area contributed by atoms with Crippen molar-refractivity contribution in [3.8, 4) is 0 Å². The molecule has 0 aromatic heterocycles. The quantitative estimate of drug-likeness (QED) is 0.441. The van der Waals surface area contributed by atoms with Gasteiger partial charge in [0.15, 0.2) is 0 Å². The monoisotopic (exact) mass is 159 g/mol. The fourth-order valence-corrected chi connectivity index (χ4v) is 0.669. The van der Waals surface area contributed by atoms with Crippen molar-refractivity contribution < 1.29 is 9.53 Å². The first-order chi connectivity index (χ1) is 5.16. The van der Waals surface area contributed by atoms with E-state index in [1.807, 2.05) is 14.1 Å². The van der Waals surface area contributed by atoms with Gasteiger partial charge in [-0.1, -0.05) is 6.92 Å². The second-order valence-electron chi connectivity index (χ2n) is 2.73.